The van der Waals surface area contributed by atoms with Gasteiger partial charge in [0.2, 0.25) is 0 Å². The topological polar surface area (TPSA) is 72.1 Å². The first kappa shape index (κ1) is 25.8. The second-order valence-electron chi connectivity index (χ2n) is 9.72. The molecule has 0 aliphatic carbocycles. The molecule has 1 unspecified atom stereocenters. The molecule has 1 aliphatic rings. The fraction of sp³-hybridized carbons (Fsp3) is 0.182. The van der Waals surface area contributed by atoms with E-state index in [1.54, 1.807) is 30.0 Å². The van der Waals surface area contributed by atoms with Gasteiger partial charge in [-0.1, -0.05) is 60.7 Å². The van der Waals surface area contributed by atoms with Gasteiger partial charge in [-0.3, -0.25) is 4.90 Å². The van der Waals surface area contributed by atoms with Crippen molar-refractivity contribution in [1.29, 1.82) is 0 Å². The SMILES string of the molecule is CCOC(O)c1c(-c2ccc(F)cc2)oc2cc(N3C(=O)O[C@H](c4ccccc4)[C@@H]3C)c(-c3ccccc3)cc12. The van der Waals surface area contributed by atoms with Crippen LogP contribution in [0.1, 0.15) is 37.4 Å². The van der Waals surface area contributed by atoms with Gasteiger partial charge in [-0.2, -0.15) is 0 Å². The molecule has 0 spiro atoms. The minimum Gasteiger partial charge on any atom is -0.455 e. The van der Waals surface area contributed by atoms with Gasteiger partial charge >= 0.3 is 6.09 Å². The first-order chi connectivity index (χ1) is 19.5. The highest BCUT2D eigenvalue weighted by atomic mass is 19.1. The van der Waals surface area contributed by atoms with Crippen LogP contribution < -0.4 is 4.90 Å². The van der Waals surface area contributed by atoms with E-state index in [-0.39, 0.29) is 18.5 Å². The molecule has 4 aromatic carbocycles. The van der Waals surface area contributed by atoms with Crippen molar-refractivity contribution in [3.63, 3.8) is 0 Å². The van der Waals surface area contributed by atoms with E-state index in [9.17, 15) is 14.3 Å². The van der Waals surface area contributed by atoms with Crippen molar-refractivity contribution in [3.8, 4) is 22.5 Å². The lowest BCUT2D eigenvalue weighted by atomic mass is 9.96. The van der Waals surface area contributed by atoms with Gasteiger partial charge in [-0.15, -0.1) is 0 Å². The number of cyclic esters (lactones) is 1. The number of fused-ring (bicyclic) bond motifs is 1. The lowest BCUT2D eigenvalue weighted by molar-refractivity contribution is -0.0969. The number of hydrogen-bond donors (Lipinski definition) is 1. The highest BCUT2D eigenvalue weighted by Gasteiger charge is 2.42. The number of carbonyl (C=O) groups excluding carboxylic acids is 1. The van der Waals surface area contributed by atoms with Crippen LogP contribution in [0.3, 0.4) is 0 Å². The largest absolute Gasteiger partial charge is 0.455 e. The predicted octanol–water partition coefficient (Wildman–Crippen LogP) is 8.02. The Morgan fingerprint density at radius 3 is 2.30 bits per heavy atom. The number of benzene rings is 4. The highest BCUT2D eigenvalue weighted by Crippen LogP contribution is 2.46. The summed E-state index contributed by atoms with van der Waals surface area (Å²) >= 11 is 0. The van der Waals surface area contributed by atoms with Crippen LogP contribution >= 0.6 is 0 Å². The lowest BCUT2D eigenvalue weighted by Crippen LogP contribution is -2.32. The Kier molecular flexibility index (Phi) is 6.84. The number of nitrogens with zero attached hydrogens (tertiary/aromatic N) is 1. The summed E-state index contributed by atoms with van der Waals surface area (Å²) < 4.78 is 31.5. The van der Waals surface area contributed by atoms with E-state index in [4.69, 9.17) is 13.9 Å². The van der Waals surface area contributed by atoms with Crippen LogP contribution in [-0.2, 0) is 9.47 Å². The van der Waals surface area contributed by atoms with Crippen molar-refractivity contribution in [2.45, 2.75) is 32.3 Å². The fourth-order valence-electron chi connectivity index (χ4n) is 5.37. The normalized spacial score (nSPS) is 17.8. The van der Waals surface area contributed by atoms with Crippen molar-refractivity contribution in [2.24, 2.45) is 0 Å². The minimum atomic E-state index is -1.28. The average molecular weight is 538 g/mol. The number of carbonyl (C=O) groups is 1. The van der Waals surface area contributed by atoms with E-state index in [0.29, 0.717) is 33.5 Å². The van der Waals surface area contributed by atoms with Gasteiger partial charge in [0.1, 0.15) is 23.3 Å². The molecule has 6 rings (SSSR count). The van der Waals surface area contributed by atoms with Crippen molar-refractivity contribution in [1.82, 2.24) is 0 Å². The summed E-state index contributed by atoms with van der Waals surface area (Å²) in [5.74, 6) is -0.0127. The molecule has 202 valence electrons. The molecule has 2 heterocycles. The third kappa shape index (κ3) is 4.53. The Bertz CT molecular complexity index is 1650. The maximum absolute atomic E-state index is 13.7. The molecule has 40 heavy (non-hydrogen) atoms. The molecule has 1 fully saturated rings. The van der Waals surface area contributed by atoms with Crippen molar-refractivity contribution in [2.75, 3.05) is 11.5 Å². The van der Waals surface area contributed by atoms with Crippen LogP contribution in [0.4, 0.5) is 14.9 Å². The highest BCUT2D eigenvalue weighted by molar-refractivity contribution is 6.02. The van der Waals surface area contributed by atoms with Crippen LogP contribution in [0.25, 0.3) is 33.4 Å². The van der Waals surface area contributed by atoms with E-state index in [2.05, 4.69) is 0 Å². The molecule has 0 radical (unpaired) electrons. The van der Waals surface area contributed by atoms with E-state index in [1.807, 2.05) is 73.7 Å². The first-order valence-corrected chi connectivity index (χ1v) is 13.2. The van der Waals surface area contributed by atoms with Crippen molar-refractivity contribution in [3.05, 3.63) is 114 Å². The van der Waals surface area contributed by atoms with Crippen LogP contribution in [0.2, 0.25) is 0 Å². The summed E-state index contributed by atoms with van der Waals surface area (Å²) in [5, 5.41) is 11.7. The minimum absolute atomic E-state index is 0.276. The summed E-state index contributed by atoms with van der Waals surface area (Å²) in [7, 11) is 0. The third-order valence-electron chi connectivity index (χ3n) is 7.26. The molecule has 0 bridgehead atoms. The van der Waals surface area contributed by atoms with Crippen molar-refractivity contribution < 1.29 is 28.2 Å². The molecule has 1 N–H and O–H groups in total. The number of anilines is 1. The summed E-state index contributed by atoms with van der Waals surface area (Å²) in [5.41, 5.74) is 4.65. The van der Waals surface area contributed by atoms with Gasteiger partial charge in [0.25, 0.3) is 0 Å². The van der Waals surface area contributed by atoms with Gasteiger partial charge in [0.05, 0.1) is 17.3 Å². The zero-order valence-corrected chi connectivity index (χ0v) is 22.1. The number of furan rings is 1. The fourth-order valence-corrected chi connectivity index (χ4v) is 5.37. The molecule has 7 heteroatoms. The molecule has 5 aromatic rings. The van der Waals surface area contributed by atoms with Gasteiger partial charge in [-0.05, 0) is 55.3 Å². The van der Waals surface area contributed by atoms with E-state index in [0.717, 1.165) is 16.7 Å². The smallest absolute Gasteiger partial charge is 0.415 e. The maximum Gasteiger partial charge on any atom is 0.415 e. The van der Waals surface area contributed by atoms with Crippen molar-refractivity contribution >= 4 is 22.7 Å². The zero-order chi connectivity index (χ0) is 27.8. The van der Waals surface area contributed by atoms with Gasteiger partial charge in [-0.25, -0.2) is 9.18 Å². The Balaban J connectivity index is 1.57. The monoisotopic (exact) mass is 537 g/mol. The third-order valence-corrected chi connectivity index (χ3v) is 7.26. The van der Waals surface area contributed by atoms with E-state index < -0.39 is 18.5 Å². The van der Waals surface area contributed by atoms with Crippen LogP contribution in [-0.4, -0.2) is 23.8 Å². The summed E-state index contributed by atoms with van der Waals surface area (Å²) in [6.07, 6.45) is -2.19. The Hall–Kier alpha value is -4.46. The maximum atomic E-state index is 13.7. The van der Waals surface area contributed by atoms with Crippen LogP contribution in [0, 0.1) is 5.82 Å². The molecule has 0 saturated carbocycles. The predicted molar refractivity (Wildman–Crippen MR) is 151 cm³/mol. The molecule has 1 amide bonds. The van der Waals surface area contributed by atoms with E-state index >= 15 is 0 Å². The Morgan fingerprint density at radius 1 is 0.950 bits per heavy atom. The number of ether oxygens (including phenoxy) is 2. The van der Waals surface area contributed by atoms with Crippen LogP contribution in [0.15, 0.2) is 101 Å². The molecule has 1 aromatic heterocycles. The summed E-state index contributed by atoms with van der Waals surface area (Å²) in [6, 6.07) is 28.6. The van der Waals surface area contributed by atoms with Gasteiger partial charge < -0.3 is 19.0 Å². The van der Waals surface area contributed by atoms with Gasteiger partial charge in [0, 0.05) is 29.2 Å². The second kappa shape index (κ2) is 10.6. The van der Waals surface area contributed by atoms with Gasteiger partial charge in [0.15, 0.2) is 6.29 Å². The Morgan fingerprint density at radius 2 is 1.62 bits per heavy atom. The molecule has 1 saturated heterocycles. The number of amides is 1. The summed E-state index contributed by atoms with van der Waals surface area (Å²) in [6.45, 7) is 4.02. The lowest BCUT2D eigenvalue weighted by Gasteiger charge is -2.24. The second-order valence-corrected chi connectivity index (χ2v) is 9.72. The molecular weight excluding hydrogens is 509 g/mol. The first-order valence-electron chi connectivity index (χ1n) is 13.2. The average Bonchev–Trinajstić information content (AvgIpc) is 3.49. The van der Waals surface area contributed by atoms with E-state index in [1.165, 1.54) is 12.1 Å². The molecular formula is C33H28FNO5. The number of rotatable bonds is 7. The standard InChI is InChI=1S/C33H28FNO5/c1-3-38-32(36)29-26-18-25(21-10-6-4-7-11-21)27(19-28(26)39-31(29)23-14-16-24(34)17-15-23)35-20(2)30(40-33(35)37)22-12-8-5-9-13-22/h4-20,30,32,36H,3H2,1-2H3/t20-,30-,32?/m0/s1. The zero-order valence-electron chi connectivity index (χ0n) is 22.1. The molecule has 3 atom stereocenters. The van der Waals surface area contributed by atoms with Crippen LogP contribution in [0.5, 0.6) is 0 Å². The molecule has 1 aliphatic heterocycles. The number of hydrogen-bond acceptors (Lipinski definition) is 5. The molecule has 6 nitrogen and oxygen atoms in total. The number of aliphatic hydroxyl groups excluding tert-OH is 1. The number of aliphatic hydroxyl groups is 1. The summed E-state index contributed by atoms with van der Waals surface area (Å²) in [4.78, 5) is 15.0. The quantitative estimate of drug-likeness (QED) is 0.213. The number of halogens is 1. The Labute approximate surface area is 231 Å².